The van der Waals surface area contributed by atoms with Crippen LogP contribution in [0.5, 0.6) is 11.5 Å². The molecular formula is C59H42Cl2N6O5. The largest absolute Gasteiger partial charge is 0.494 e. The van der Waals surface area contributed by atoms with Crippen molar-refractivity contribution < 1.29 is 23.9 Å². The van der Waals surface area contributed by atoms with E-state index in [1.165, 1.54) is 12.0 Å². The van der Waals surface area contributed by atoms with Crippen LogP contribution < -0.4 is 19.4 Å². The zero-order valence-corrected chi connectivity index (χ0v) is 40.9. The van der Waals surface area contributed by atoms with Crippen LogP contribution in [0.4, 0.5) is 34.1 Å². The predicted molar refractivity (Wildman–Crippen MR) is 289 cm³/mol. The number of benzene rings is 10. The van der Waals surface area contributed by atoms with Gasteiger partial charge in [-0.25, -0.2) is 0 Å². The average Bonchev–Trinajstić information content (AvgIpc) is 3.68. The van der Waals surface area contributed by atoms with Crippen molar-refractivity contribution in [1.82, 2.24) is 0 Å². The number of halogens is 2. The van der Waals surface area contributed by atoms with Gasteiger partial charge >= 0.3 is 0 Å². The average molecular weight is 986 g/mol. The minimum atomic E-state index is -0.343. The number of methoxy groups -OCH3 is 2. The fourth-order valence-electron chi connectivity index (χ4n) is 9.41. The maximum Gasteiger partial charge on any atom is 0.261 e. The van der Waals surface area contributed by atoms with Gasteiger partial charge in [-0.05, 0) is 128 Å². The highest BCUT2D eigenvalue weighted by Crippen LogP contribution is 2.46. The summed E-state index contributed by atoms with van der Waals surface area (Å²) in [5.74, 6) is 0.221. The summed E-state index contributed by atoms with van der Waals surface area (Å²) in [7, 11) is 6.57. The van der Waals surface area contributed by atoms with E-state index in [4.69, 9.17) is 52.9 Å². The molecule has 13 heteroatoms. The number of para-hydroxylation sites is 2. The molecule has 0 spiro atoms. The van der Waals surface area contributed by atoms with Gasteiger partial charge in [0.05, 0.1) is 52.6 Å². The van der Waals surface area contributed by atoms with Crippen molar-refractivity contribution in [2.24, 2.45) is 20.5 Å². The Kier molecular flexibility index (Phi) is 12.1. The molecule has 0 saturated carbocycles. The van der Waals surface area contributed by atoms with Crippen molar-refractivity contribution in [3.05, 3.63) is 202 Å². The number of hydrogen-bond donors (Lipinski definition) is 0. The van der Waals surface area contributed by atoms with E-state index >= 15 is 0 Å². The smallest absolute Gasteiger partial charge is 0.261 e. The highest BCUT2D eigenvalue weighted by Gasteiger charge is 2.29. The molecule has 0 heterocycles. The predicted octanol–water partition coefficient (Wildman–Crippen LogP) is 16.5. The van der Waals surface area contributed by atoms with E-state index in [2.05, 4.69) is 29.4 Å². The second kappa shape index (κ2) is 19.0. The molecule has 0 fully saturated rings. The molecule has 11 nitrogen and oxygen atoms in total. The molecule has 0 aromatic heterocycles. The topological polar surface area (TPSA) is 118 Å². The SMILES string of the molecule is COc1c(CON(C)c2ccccc2Cl)cc2cc3ccccc3cc2c1N=Nc1ccc2c(c1)C(=O)c1cc(N=Nc3c(OC)c(C(=O)N(C)c4ccccc4Cl)cc4cc5ccccc5cc34)ccc1-2. The van der Waals surface area contributed by atoms with Crippen molar-refractivity contribution in [2.45, 2.75) is 6.61 Å². The molecule has 10 aromatic carbocycles. The number of ketones is 1. The lowest BCUT2D eigenvalue weighted by Crippen LogP contribution is -2.27. The summed E-state index contributed by atoms with van der Waals surface area (Å²) in [4.78, 5) is 36.3. The Labute approximate surface area is 424 Å². The number of rotatable bonds is 12. The molecule has 0 bridgehead atoms. The zero-order chi connectivity index (χ0) is 49.6. The van der Waals surface area contributed by atoms with Gasteiger partial charge in [-0.1, -0.05) is 108 Å². The van der Waals surface area contributed by atoms with Gasteiger partial charge in [0.2, 0.25) is 0 Å². The molecule has 0 atom stereocenters. The second-order valence-electron chi connectivity index (χ2n) is 17.3. The Bertz CT molecular complexity index is 3930. The fraction of sp³-hybridized carbons (Fsp3) is 0.0847. The molecule has 1 aliphatic carbocycles. The van der Waals surface area contributed by atoms with Crippen molar-refractivity contribution in [1.29, 1.82) is 0 Å². The van der Waals surface area contributed by atoms with E-state index in [9.17, 15) is 9.59 Å². The molecule has 0 saturated heterocycles. The summed E-state index contributed by atoms with van der Waals surface area (Å²) in [5, 5.41) is 29.0. The third-order valence-corrected chi connectivity index (χ3v) is 13.7. The van der Waals surface area contributed by atoms with Gasteiger partial charge in [0, 0.05) is 41.6 Å². The van der Waals surface area contributed by atoms with Gasteiger partial charge in [-0.3, -0.25) is 19.5 Å². The maximum absolute atomic E-state index is 14.3. The zero-order valence-electron chi connectivity index (χ0n) is 39.4. The van der Waals surface area contributed by atoms with Crippen LogP contribution in [0.3, 0.4) is 0 Å². The quantitative estimate of drug-likeness (QED) is 0.0683. The number of carbonyl (C=O) groups is 2. The summed E-state index contributed by atoms with van der Waals surface area (Å²) in [5.41, 5.74) is 6.57. The Morgan fingerprint density at radius 3 is 1.50 bits per heavy atom. The minimum absolute atomic E-state index is 0.152. The third kappa shape index (κ3) is 8.32. The molecule has 0 N–H and O–H groups in total. The first-order valence-electron chi connectivity index (χ1n) is 22.9. The molecule has 1 aliphatic rings. The lowest BCUT2D eigenvalue weighted by molar-refractivity contribution is 0.0989. The summed E-state index contributed by atoms with van der Waals surface area (Å²) < 4.78 is 12.0. The van der Waals surface area contributed by atoms with Crippen LogP contribution in [-0.2, 0) is 11.4 Å². The van der Waals surface area contributed by atoms with Crippen LogP contribution in [0.2, 0.25) is 10.0 Å². The van der Waals surface area contributed by atoms with E-state index in [1.54, 1.807) is 50.5 Å². The number of nitrogens with zero attached hydrogens (tertiary/aromatic N) is 6. The molecule has 0 radical (unpaired) electrons. The summed E-state index contributed by atoms with van der Waals surface area (Å²) in [6.45, 7) is 0.152. The molecule has 1 amide bonds. The lowest BCUT2D eigenvalue weighted by atomic mass is 9.98. The number of anilines is 2. The van der Waals surface area contributed by atoms with Crippen molar-refractivity contribution in [3.63, 3.8) is 0 Å². The number of fused-ring (bicyclic) bond motifs is 7. The number of hydroxylamine groups is 1. The first kappa shape index (κ1) is 45.9. The van der Waals surface area contributed by atoms with Gasteiger partial charge in [0.25, 0.3) is 5.91 Å². The minimum Gasteiger partial charge on any atom is -0.494 e. The standard InChI is InChI=1S/C59H42Cl2N6O5/c1-66(52-19-11-9-17-50(52)60)59(69)49-30-39-26-35-14-6-8-16-37(35)29-46(39)55(58(49)71-4)65-63-42-22-24-44-43-23-21-41(31-47(43)56(68)48(44)32-42)62-64-54-45-28-36-15-7-5-13-34(36)25-38(45)27-40(57(54)70-3)33-72-67(2)53-20-12-10-18-51(53)61/h5-32H,33H2,1-4H3. The van der Waals surface area contributed by atoms with E-state index in [0.717, 1.165) is 65.5 Å². The van der Waals surface area contributed by atoms with Gasteiger partial charge < -0.3 is 14.4 Å². The number of hydrogen-bond acceptors (Lipinski definition) is 10. The first-order chi connectivity index (χ1) is 35.1. The summed E-state index contributed by atoms with van der Waals surface area (Å²) in [6.07, 6.45) is 0. The van der Waals surface area contributed by atoms with Crippen LogP contribution in [0.1, 0.15) is 31.8 Å². The molecule has 10 aromatic rings. The molecule has 352 valence electrons. The van der Waals surface area contributed by atoms with E-state index < -0.39 is 0 Å². The Hall–Kier alpha value is -8.48. The Balaban J connectivity index is 0.924. The lowest BCUT2D eigenvalue weighted by Gasteiger charge is -2.21. The van der Waals surface area contributed by atoms with E-state index in [1.807, 2.05) is 121 Å². The van der Waals surface area contributed by atoms with Crippen molar-refractivity contribution in [3.8, 4) is 22.6 Å². The summed E-state index contributed by atoms with van der Waals surface area (Å²) >= 11 is 13.0. The van der Waals surface area contributed by atoms with Gasteiger partial charge in [-0.15, -0.1) is 10.2 Å². The normalized spacial score (nSPS) is 12.1. The van der Waals surface area contributed by atoms with Crippen molar-refractivity contribution in [2.75, 3.05) is 38.3 Å². The van der Waals surface area contributed by atoms with E-state index in [-0.39, 0.29) is 29.6 Å². The highest BCUT2D eigenvalue weighted by atomic mass is 35.5. The highest BCUT2D eigenvalue weighted by molar-refractivity contribution is 6.34. The number of azo groups is 2. The molecule has 0 aliphatic heterocycles. The number of carbonyl (C=O) groups excluding carboxylic acids is 2. The third-order valence-electron chi connectivity index (χ3n) is 13.0. The first-order valence-corrected chi connectivity index (χ1v) is 23.7. The molecule has 72 heavy (non-hydrogen) atoms. The van der Waals surface area contributed by atoms with Crippen LogP contribution >= 0.6 is 23.2 Å². The molecule has 11 rings (SSSR count). The molecular weight excluding hydrogens is 944 g/mol. The Morgan fingerprint density at radius 2 is 0.972 bits per heavy atom. The Morgan fingerprint density at radius 1 is 0.500 bits per heavy atom. The monoisotopic (exact) mass is 984 g/mol. The number of amides is 1. The van der Waals surface area contributed by atoms with Crippen LogP contribution in [0.25, 0.3) is 54.2 Å². The maximum atomic E-state index is 14.3. The number of ether oxygens (including phenoxy) is 2. The summed E-state index contributed by atoms with van der Waals surface area (Å²) in [6, 6.07) is 53.7. The van der Waals surface area contributed by atoms with E-state index in [0.29, 0.717) is 55.4 Å². The van der Waals surface area contributed by atoms with Gasteiger partial charge in [0.15, 0.2) is 17.3 Å². The van der Waals surface area contributed by atoms with Crippen molar-refractivity contribution >= 4 is 112 Å². The van der Waals surface area contributed by atoms with Gasteiger partial charge in [0.1, 0.15) is 18.0 Å². The molecule has 0 unspecified atom stereocenters. The van der Waals surface area contributed by atoms with Gasteiger partial charge in [-0.2, -0.15) is 10.2 Å². The second-order valence-corrected chi connectivity index (χ2v) is 18.1. The van der Waals surface area contributed by atoms with Crippen LogP contribution in [0.15, 0.2) is 190 Å². The van der Waals surface area contributed by atoms with Crippen LogP contribution in [-0.4, -0.2) is 40.0 Å². The fourth-order valence-corrected chi connectivity index (χ4v) is 9.93. The van der Waals surface area contributed by atoms with Crippen LogP contribution in [0, 0.1) is 0 Å².